The molecular weight excluding hydrogens is 372 g/mol. The zero-order chi connectivity index (χ0) is 16.2. The molecule has 1 fully saturated rings. The van der Waals surface area contributed by atoms with E-state index in [1.165, 1.54) is 0 Å². The number of hydrogen-bond acceptors (Lipinski definition) is 4. The number of carbonyl (C=O) groups excluding carboxylic acids is 1. The van der Waals surface area contributed by atoms with Gasteiger partial charge in [0, 0.05) is 17.6 Å². The molecule has 2 rings (SSSR count). The summed E-state index contributed by atoms with van der Waals surface area (Å²) in [5.74, 6) is -0.350. The number of ether oxygens (including phenoxy) is 1. The van der Waals surface area contributed by atoms with Crippen LogP contribution in [0.1, 0.15) is 12.8 Å². The number of para-hydroxylation sites is 1. The van der Waals surface area contributed by atoms with Gasteiger partial charge in [0.25, 0.3) is 0 Å². The number of sulfonamides is 1. The maximum atomic E-state index is 12.1. The van der Waals surface area contributed by atoms with E-state index in [0.29, 0.717) is 23.3 Å². The van der Waals surface area contributed by atoms with Gasteiger partial charge in [0.2, 0.25) is 15.9 Å². The monoisotopic (exact) mass is 390 g/mol. The Morgan fingerprint density at radius 1 is 1.45 bits per heavy atom. The second kappa shape index (κ2) is 7.43. The van der Waals surface area contributed by atoms with Gasteiger partial charge < -0.3 is 10.1 Å². The maximum absolute atomic E-state index is 12.1. The Bertz CT molecular complexity index is 629. The summed E-state index contributed by atoms with van der Waals surface area (Å²) in [5, 5.41) is 2.73. The van der Waals surface area contributed by atoms with E-state index in [1.807, 2.05) is 0 Å². The number of carbonyl (C=O) groups is 1. The zero-order valence-corrected chi connectivity index (χ0v) is 14.7. The van der Waals surface area contributed by atoms with E-state index in [2.05, 4.69) is 21.2 Å². The van der Waals surface area contributed by atoms with Crippen molar-refractivity contribution in [3.05, 3.63) is 28.7 Å². The highest BCUT2D eigenvalue weighted by atomic mass is 79.9. The molecular formula is C14H19BrN2O4S. The Morgan fingerprint density at radius 2 is 2.18 bits per heavy atom. The van der Waals surface area contributed by atoms with Gasteiger partial charge in [0.1, 0.15) is 6.54 Å². The summed E-state index contributed by atoms with van der Waals surface area (Å²) in [6, 6.07) is 6.89. The van der Waals surface area contributed by atoms with Gasteiger partial charge in [-0.25, -0.2) is 8.42 Å². The quantitative estimate of drug-likeness (QED) is 0.798. The predicted molar refractivity (Wildman–Crippen MR) is 88.3 cm³/mol. The number of benzene rings is 1. The number of hydrogen-bond donors (Lipinski definition) is 1. The van der Waals surface area contributed by atoms with Gasteiger partial charge in [-0.15, -0.1) is 0 Å². The Labute approximate surface area is 139 Å². The minimum atomic E-state index is -3.56. The molecule has 0 bridgehead atoms. The van der Waals surface area contributed by atoms with Crippen molar-refractivity contribution < 1.29 is 17.9 Å². The van der Waals surface area contributed by atoms with E-state index in [4.69, 9.17) is 4.74 Å². The van der Waals surface area contributed by atoms with E-state index in [-0.39, 0.29) is 18.6 Å². The molecule has 6 nitrogen and oxygen atoms in total. The van der Waals surface area contributed by atoms with Crippen molar-refractivity contribution in [3.63, 3.8) is 0 Å². The van der Waals surface area contributed by atoms with Gasteiger partial charge in [0.15, 0.2) is 0 Å². The van der Waals surface area contributed by atoms with Crippen molar-refractivity contribution in [1.29, 1.82) is 0 Å². The van der Waals surface area contributed by atoms with Crippen molar-refractivity contribution >= 4 is 37.5 Å². The molecule has 0 aromatic heterocycles. The second-order valence-corrected chi connectivity index (χ2v) is 7.92. The summed E-state index contributed by atoms with van der Waals surface area (Å²) in [7, 11) is -3.56. The highest BCUT2D eigenvalue weighted by Gasteiger charge is 2.23. The number of anilines is 1. The van der Waals surface area contributed by atoms with E-state index in [0.717, 1.165) is 23.4 Å². The summed E-state index contributed by atoms with van der Waals surface area (Å²) >= 11 is 3.31. The number of amides is 1. The first-order valence-electron chi connectivity index (χ1n) is 6.98. The highest BCUT2D eigenvalue weighted by molar-refractivity contribution is 9.10. The summed E-state index contributed by atoms with van der Waals surface area (Å²) < 4.78 is 31.1. The largest absolute Gasteiger partial charge is 0.376 e. The van der Waals surface area contributed by atoms with Gasteiger partial charge in [0.05, 0.1) is 18.0 Å². The van der Waals surface area contributed by atoms with Crippen LogP contribution in [-0.2, 0) is 19.6 Å². The molecule has 122 valence electrons. The smallest absolute Gasteiger partial charge is 0.240 e. The molecule has 0 unspecified atom stereocenters. The van der Waals surface area contributed by atoms with Crippen molar-refractivity contribution in [2.24, 2.45) is 0 Å². The third kappa shape index (κ3) is 4.69. The van der Waals surface area contributed by atoms with Crippen LogP contribution < -0.4 is 9.62 Å². The van der Waals surface area contributed by atoms with Gasteiger partial charge in [-0.2, -0.15) is 0 Å². The molecule has 1 aromatic rings. The van der Waals surface area contributed by atoms with E-state index < -0.39 is 10.0 Å². The normalized spacial score (nSPS) is 18.2. The van der Waals surface area contributed by atoms with Gasteiger partial charge >= 0.3 is 0 Å². The molecule has 1 aromatic carbocycles. The number of nitrogens with zero attached hydrogens (tertiary/aromatic N) is 1. The van der Waals surface area contributed by atoms with Gasteiger partial charge in [-0.1, -0.05) is 12.1 Å². The lowest BCUT2D eigenvalue weighted by molar-refractivity contribution is -0.120. The standard InChI is InChI=1S/C14H19BrN2O4S/c1-22(19,20)17(13-7-3-2-6-12(13)15)10-14(18)16-9-11-5-4-8-21-11/h2-3,6-7,11H,4-5,8-10H2,1H3,(H,16,18)/t11-/m0/s1. The van der Waals surface area contributed by atoms with Crippen molar-refractivity contribution in [1.82, 2.24) is 5.32 Å². The fourth-order valence-corrected chi connectivity index (χ4v) is 3.74. The lowest BCUT2D eigenvalue weighted by Gasteiger charge is -2.23. The summed E-state index contributed by atoms with van der Waals surface area (Å²) in [4.78, 5) is 12.1. The minimum Gasteiger partial charge on any atom is -0.376 e. The van der Waals surface area contributed by atoms with Gasteiger partial charge in [-0.3, -0.25) is 9.10 Å². The third-order valence-corrected chi connectivity index (χ3v) is 5.16. The number of rotatable bonds is 6. The first-order valence-corrected chi connectivity index (χ1v) is 9.62. The fraction of sp³-hybridized carbons (Fsp3) is 0.500. The van der Waals surface area contributed by atoms with Crippen LogP contribution in [0.4, 0.5) is 5.69 Å². The Morgan fingerprint density at radius 3 is 2.77 bits per heavy atom. The lowest BCUT2D eigenvalue weighted by atomic mass is 10.2. The van der Waals surface area contributed by atoms with Crippen LogP contribution in [0.25, 0.3) is 0 Å². The zero-order valence-electron chi connectivity index (χ0n) is 12.3. The predicted octanol–water partition coefficient (Wildman–Crippen LogP) is 1.51. The molecule has 1 heterocycles. The molecule has 1 saturated heterocycles. The summed E-state index contributed by atoms with van der Waals surface area (Å²) in [6.07, 6.45) is 3.02. The van der Waals surface area contributed by atoms with Crippen LogP contribution >= 0.6 is 15.9 Å². The number of nitrogens with one attached hydrogen (secondary N) is 1. The molecule has 0 radical (unpaired) electrons. The minimum absolute atomic E-state index is 0.0269. The molecule has 8 heteroatoms. The Kier molecular flexibility index (Phi) is 5.82. The molecule has 1 aliphatic heterocycles. The molecule has 1 aliphatic rings. The van der Waals surface area contributed by atoms with Crippen LogP contribution in [0.3, 0.4) is 0 Å². The summed E-state index contributed by atoms with van der Waals surface area (Å²) in [5.41, 5.74) is 0.442. The maximum Gasteiger partial charge on any atom is 0.240 e. The van der Waals surface area contributed by atoms with Gasteiger partial charge in [-0.05, 0) is 40.9 Å². The van der Waals surface area contributed by atoms with Crippen LogP contribution in [0.2, 0.25) is 0 Å². The summed E-state index contributed by atoms with van der Waals surface area (Å²) in [6.45, 7) is 0.869. The van der Waals surface area contributed by atoms with Crippen molar-refractivity contribution in [3.8, 4) is 0 Å². The first kappa shape index (κ1) is 17.2. The molecule has 0 spiro atoms. The fourth-order valence-electron chi connectivity index (χ4n) is 2.25. The van der Waals surface area contributed by atoms with Crippen molar-refractivity contribution in [2.75, 3.05) is 30.3 Å². The molecule has 0 aliphatic carbocycles. The van der Waals surface area contributed by atoms with E-state index >= 15 is 0 Å². The molecule has 0 saturated carbocycles. The van der Waals surface area contributed by atoms with Crippen LogP contribution in [0.5, 0.6) is 0 Å². The molecule has 1 N–H and O–H groups in total. The Hall–Kier alpha value is -1.12. The third-order valence-electron chi connectivity index (χ3n) is 3.36. The molecule has 1 amide bonds. The lowest BCUT2D eigenvalue weighted by Crippen LogP contribution is -2.42. The topological polar surface area (TPSA) is 75.7 Å². The Balaban J connectivity index is 2.04. The first-order chi connectivity index (χ1) is 10.4. The average molecular weight is 391 g/mol. The van der Waals surface area contributed by atoms with E-state index in [9.17, 15) is 13.2 Å². The molecule has 1 atom stereocenters. The van der Waals surface area contributed by atoms with Crippen molar-refractivity contribution in [2.45, 2.75) is 18.9 Å². The van der Waals surface area contributed by atoms with E-state index in [1.54, 1.807) is 24.3 Å². The van der Waals surface area contributed by atoms with Crippen LogP contribution in [-0.4, -0.2) is 46.4 Å². The number of halogens is 1. The van der Waals surface area contributed by atoms with Crippen LogP contribution in [0, 0.1) is 0 Å². The molecule has 22 heavy (non-hydrogen) atoms. The van der Waals surface area contributed by atoms with Crippen LogP contribution in [0.15, 0.2) is 28.7 Å². The SMILES string of the molecule is CS(=O)(=O)N(CC(=O)NC[C@@H]1CCCO1)c1ccccc1Br. The average Bonchev–Trinajstić information content (AvgIpc) is 2.95. The second-order valence-electron chi connectivity index (χ2n) is 5.16. The highest BCUT2D eigenvalue weighted by Crippen LogP contribution is 2.27.